The molecule has 3 rings (SSSR count). The average molecular weight is 466 g/mol. The zero-order valence-corrected chi connectivity index (χ0v) is 19.9. The van der Waals surface area contributed by atoms with Gasteiger partial charge in [0, 0.05) is 26.2 Å². The second-order valence-electron chi connectivity index (χ2n) is 7.57. The Morgan fingerprint density at radius 3 is 2.39 bits per heavy atom. The molecule has 172 valence electrons. The first kappa shape index (κ1) is 24.1. The van der Waals surface area contributed by atoms with Crippen LogP contribution in [-0.4, -0.2) is 49.1 Å². The molecule has 1 atom stereocenters. The Labute approximate surface area is 197 Å². The van der Waals surface area contributed by atoms with Gasteiger partial charge in [-0.3, -0.25) is 9.59 Å². The fourth-order valence-corrected chi connectivity index (χ4v) is 3.94. The van der Waals surface area contributed by atoms with Crippen LogP contribution >= 0.6 is 11.8 Å². The quantitative estimate of drug-likeness (QED) is 0.291. The van der Waals surface area contributed by atoms with Gasteiger partial charge < -0.3 is 15.4 Å². The van der Waals surface area contributed by atoms with Crippen LogP contribution in [0.3, 0.4) is 0 Å². The summed E-state index contributed by atoms with van der Waals surface area (Å²) in [5.74, 6) is 0.0430. The normalized spacial score (nSPS) is 17.2. The highest BCUT2D eigenvalue weighted by molar-refractivity contribution is 8.14. The minimum atomic E-state index is -0.635. The molecule has 1 heterocycles. The molecule has 0 unspecified atom stereocenters. The zero-order chi connectivity index (χ0) is 24.0. The van der Waals surface area contributed by atoms with Crippen molar-refractivity contribution in [3.05, 3.63) is 60.2 Å². The first-order chi connectivity index (χ1) is 15.8. The van der Waals surface area contributed by atoms with Crippen LogP contribution in [0.15, 0.2) is 64.8 Å². The third-order valence-electron chi connectivity index (χ3n) is 4.93. The highest BCUT2D eigenvalue weighted by Gasteiger charge is 2.40. The molecule has 2 aromatic carbocycles. The molecule has 1 aliphatic heterocycles. The third kappa shape index (κ3) is 6.23. The van der Waals surface area contributed by atoms with E-state index < -0.39 is 5.25 Å². The maximum Gasteiger partial charge on any atom is 0.247 e. The van der Waals surface area contributed by atoms with E-state index in [9.17, 15) is 9.59 Å². The van der Waals surface area contributed by atoms with Crippen molar-refractivity contribution in [3.63, 3.8) is 0 Å². The van der Waals surface area contributed by atoms with Crippen molar-refractivity contribution in [2.45, 2.75) is 18.6 Å². The van der Waals surface area contributed by atoms with Crippen LogP contribution in [0.4, 0.5) is 11.4 Å². The number of carbonyl (C=O) groups is 2. The summed E-state index contributed by atoms with van der Waals surface area (Å²) in [6.07, 6.45) is 3.82. The van der Waals surface area contributed by atoms with E-state index in [0.717, 1.165) is 23.0 Å². The number of rotatable bonds is 7. The number of nitrogens with two attached hydrogens (primary N) is 1. The van der Waals surface area contributed by atoms with Crippen molar-refractivity contribution >= 4 is 51.9 Å². The number of ether oxygens (including phenoxy) is 1. The van der Waals surface area contributed by atoms with E-state index in [4.69, 9.17) is 10.5 Å². The van der Waals surface area contributed by atoms with Crippen LogP contribution < -0.4 is 20.3 Å². The Balaban J connectivity index is 1.60. The van der Waals surface area contributed by atoms with Crippen LogP contribution in [0, 0.1) is 0 Å². The van der Waals surface area contributed by atoms with Crippen molar-refractivity contribution in [1.29, 1.82) is 0 Å². The Bertz CT molecular complexity index is 1090. The molecule has 0 saturated carbocycles. The second-order valence-corrected chi connectivity index (χ2v) is 8.80. The Morgan fingerprint density at radius 2 is 1.79 bits per heavy atom. The first-order valence-corrected chi connectivity index (χ1v) is 11.2. The standard InChI is InChI=1S/C24H27N5O3S/c1-16(5-6-17-7-9-18(10-8-17)28(2)3)26-27-24(25)33-21-15-22(30)29(23(21)31)19-11-13-20(32-4)14-12-19/h5-14,21H,15H2,1-4H3,(H2,25,27)/b6-5+,26-16?/t21-/m1/s1. The lowest BCUT2D eigenvalue weighted by atomic mass is 10.2. The van der Waals surface area contributed by atoms with Gasteiger partial charge in [-0.05, 0) is 55.0 Å². The lowest BCUT2D eigenvalue weighted by Crippen LogP contribution is -2.31. The molecular formula is C24H27N5O3S. The predicted molar refractivity (Wildman–Crippen MR) is 136 cm³/mol. The van der Waals surface area contributed by atoms with Crippen LogP contribution in [0.5, 0.6) is 5.75 Å². The molecule has 0 radical (unpaired) electrons. The monoisotopic (exact) mass is 465 g/mol. The highest BCUT2D eigenvalue weighted by atomic mass is 32.2. The summed E-state index contributed by atoms with van der Waals surface area (Å²) in [5.41, 5.74) is 9.28. The van der Waals surface area contributed by atoms with E-state index in [1.807, 2.05) is 62.3 Å². The number of anilines is 2. The molecule has 0 aliphatic carbocycles. The molecular weight excluding hydrogens is 438 g/mol. The molecule has 8 nitrogen and oxygen atoms in total. The summed E-state index contributed by atoms with van der Waals surface area (Å²) in [6.45, 7) is 1.81. The summed E-state index contributed by atoms with van der Waals surface area (Å²) in [7, 11) is 5.54. The van der Waals surface area contributed by atoms with Gasteiger partial charge in [-0.1, -0.05) is 30.0 Å². The van der Waals surface area contributed by atoms with Gasteiger partial charge in [0.1, 0.15) is 11.0 Å². The number of thioether (sulfide) groups is 1. The number of methoxy groups -OCH3 is 1. The maximum atomic E-state index is 12.8. The van der Waals surface area contributed by atoms with E-state index in [-0.39, 0.29) is 23.4 Å². The number of amidine groups is 1. The zero-order valence-electron chi connectivity index (χ0n) is 19.1. The lowest BCUT2D eigenvalue weighted by Gasteiger charge is -2.15. The fraction of sp³-hybridized carbons (Fsp3) is 0.250. The number of allylic oxidation sites excluding steroid dienone is 1. The van der Waals surface area contributed by atoms with Gasteiger partial charge in [0.05, 0.1) is 18.5 Å². The van der Waals surface area contributed by atoms with E-state index in [2.05, 4.69) is 10.2 Å². The Hall–Kier alpha value is -3.59. The van der Waals surface area contributed by atoms with Gasteiger partial charge in [0.25, 0.3) is 0 Å². The smallest absolute Gasteiger partial charge is 0.247 e. The topological polar surface area (TPSA) is 101 Å². The predicted octanol–water partition coefficient (Wildman–Crippen LogP) is 3.53. The van der Waals surface area contributed by atoms with Crippen molar-refractivity contribution in [2.75, 3.05) is 31.0 Å². The van der Waals surface area contributed by atoms with Gasteiger partial charge in [0.2, 0.25) is 11.8 Å². The van der Waals surface area contributed by atoms with Crippen molar-refractivity contribution in [1.82, 2.24) is 0 Å². The Kier molecular flexibility index (Phi) is 7.89. The SMILES string of the molecule is COc1ccc(N2C(=O)C[C@@H](SC(N)=NN=C(C)/C=C/c3ccc(N(C)C)cc3)C2=O)cc1. The molecule has 1 aliphatic rings. The average Bonchev–Trinajstić information content (AvgIpc) is 3.09. The van der Waals surface area contributed by atoms with E-state index in [0.29, 0.717) is 17.1 Å². The second kappa shape index (κ2) is 10.8. The van der Waals surface area contributed by atoms with E-state index >= 15 is 0 Å². The molecule has 2 amide bonds. The molecule has 2 N–H and O–H groups in total. The van der Waals surface area contributed by atoms with Gasteiger partial charge in [-0.15, -0.1) is 5.10 Å². The largest absolute Gasteiger partial charge is 0.497 e. The fourth-order valence-electron chi connectivity index (χ4n) is 3.13. The van der Waals surface area contributed by atoms with Crippen molar-refractivity contribution < 1.29 is 14.3 Å². The first-order valence-electron chi connectivity index (χ1n) is 10.3. The summed E-state index contributed by atoms with van der Waals surface area (Å²) in [5, 5.41) is 7.60. The minimum Gasteiger partial charge on any atom is -0.497 e. The van der Waals surface area contributed by atoms with Crippen LogP contribution in [0.2, 0.25) is 0 Å². The highest BCUT2D eigenvalue weighted by Crippen LogP contribution is 2.30. The number of imide groups is 1. The van der Waals surface area contributed by atoms with E-state index in [1.54, 1.807) is 31.4 Å². The van der Waals surface area contributed by atoms with Crippen molar-refractivity contribution in [2.24, 2.45) is 15.9 Å². The summed E-state index contributed by atoms with van der Waals surface area (Å²) < 4.78 is 5.12. The van der Waals surface area contributed by atoms with Crippen LogP contribution in [0.25, 0.3) is 6.08 Å². The van der Waals surface area contributed by atoms with Gasteiger partial charge in [0.15, 0.2) is 5.17 Å². The molecule has 9 heteroatoms. The van der Waals surface area contributed by atoms with Crippen LogP contribution in [-0.2, 0) is 9.59 Å². The minimum absolute atomic E-state index is 0.0529. The van der Waals surface area contributed by atoms with Crippen LogP contribution in [0.1, 0.15) is 18.9 Å². The lowest BCUT2D eigenvalue weighted by molar-refractivity contribution is -0.121. The summed E-state index contributed by atoms with van der Waals surface area (Å²) in [6, 6.07) is 14.9. The number of hydrogen-bond donors (Lipinski definition) is 1. The summed E-state index contributed by atoms with van der Waals surface area (Å²) in [4.78, 5) is 28.4. The molecule has 1 saturated heterocycles. The molecule has 1 fully saturated rings. The number of carbonyl (C=O) groups excluding carboxylic acids is 2. The molecule has 33 heavy (non-hydrogen) atoms. The number of nitrogens with zero attached hydrogens (tertiary/aromatic N) is 4. The van der Waals surface area contributed by atoms with Gasteiger partial charge in [-0.25, -0.2) is 4.90 Å². The summed E-state index contributed by atoms with van der Waals surface area (Å²) >= 11 is 1.04. The molecule has 0 bridgehead atoms. The third-order valence-corrected chi connectivity index (χ3v) is 5.91. The molecule has 0 spiro atoms. The van der Waals surface area contributed by atoms with E-state index in [1.165, 1.54) is 4.90 Å². The number of amides is 2. The maximum absolute atomic E-state index is 12.8. The number of benzene rings is 2. The van der Waals surface area contributed by atoms with Gasteiger partial charge in [-0.2, -0.15) is 5.10 Å². The molecule has 0 aromatic heterocycles. The van der Waals surface area contributed by atoms with Gasteiger partial charge >= 0.3 is 0 Å². The number of hydrogen-bond acceptors (Lipinski definition) is 7. The molecule has 2 aromatic rings. The van der Waals surface area contributed by atoms with Crippen molar-refractivity contribution in [3.8, 4) is 5.75 Å². The Morgan fingerprint density at radius 1 is 1.12 bits per heavy atom.